The van der Waals surface area contributed by atoms with Gasteiger partial charge in [-0.3, -0.25) is 9.48 Å². The highest BCUT2D eigenvalue weighted by molar-refractivity contribution is 5.95. The standard InChI is InChI=1S/C19H25N3O2/c1-15-17(12-20-21(15)2)18(23)22(13-16-8-4-3-5-9-16)14-19(24)10-6-7-11-19/h3-5,8-9,12,24H,6-7,10-11,13-14H2,1-2H3. The minimum Gasteiger partial charge on any atom is -0.388 e. The van der Waals surface area contributed by atoms with Crippen LogP contribution in [0.1, 0.15) is 47.3 Å². The zero-order valence-electron chi connectivity index (χ0n) is 14.4. The second kappa shape index (κ2) is 6.77. The van der Waals surface area contributed by atoms with Gasteiger partial charge in [0, 0.05) is 19.3 Å². The summed E-state index contributed by atoms with van der Waals surface area (Å²) >= 11 is 0. The van der Waals surface area contributed by atoms with E-state index < -0.39 is 5.60 Å². The molecule has 0 saturated heterocycles. The van der Waals surface area contributed by atoms with Crippen molar-refractivity contribution in [1.29, 1.82) is 0 Å². The van der Waals surface area contributed by atoms with Crippen molar-refractivity contribution in [2.24, 2.45) is 7.05 Å². The summed E-state index contributed by atoms with van der Waals surface area (Å²) in [5, 5.41) is 15.0. The third-order valence-corrected chi connectivity index (χ3v) is 4.99. The summed E-state index contributed by atoms with van der Waals surface area (Å²) < 4.78 is 1.71. The average Bonchev–Trinajstić information content (AvgIpc) is 3.14. The summed E-state index contributed by atoms with van der Waals surface area (Å²) in [7, 11) is 1.83. The summed E-state index contributed by atoms with van der Waals surface area (Å²) in [4.78, 5) is 14.8. The Morgan fingerprint density at radius 1 is 1.29 bits per heavy atom. The highest BCUT2D eigenvalue weighted by Gasteiger charge is 2.35. The van der Waals surface area contributed by atoms with Crippen molar-refractivity contribution >= 4 is 5.91 Å². The number of carbonyl (C=O) groups excluding carboxylic acids is 1. The Morgan fingerprint density at radius 2 is 1.96 bits per heavy atom. The summed E-state index contributed by atoms with van der Waals surface area (Å²) in [6.07, 6.45) is 5.19. The van der Waals surface area contributed by atoms with Gasteiger partial charge in [-0.1, -0.05) is 43.2 Å². The third kappa shape index (κ3) is 3.51. The van der Waals surface area contributed by atoms with Crippen molar-refractivity contribution in [3.05, 3.63) is 53.3 Å². The van der Waals surface area contributed by atoms with E-state index in [0.29, 0.717) is 18.7 Å². The smallest absolute Gasteiger partial charge is 0.257 e. The molecule has 1 aromatic carbocycles. The zero-order valence-corrected chi connectivity index (χ0v) is 14.4. The lowest BCUT2D eigenvalue weighted by molar-refractivity contribution is 0.00782. The van der Waals surface area contributed by atoms with E-state index in [1.165, 1.54) is 0 Å². The molecule has 1 aliphatic carbocycles. The summed E-state index contributed by atoms with van der Waals surface area (Å²) in [5.41, 5.74) is 1.75. The lowest BCUT2D eigenvalue weighted by atomic mass is 10.0. The molecule has 1 aromatic heterocycles. The van der Waals surface area contributed by atoms with Crippen LogP contribution < -0.4 is 0 Å². The minimum absolute atomic E-state index is 0.0650. The number of aryl methyl sites for hydroxylation is 1. The number of benzene rings is 1. The first-order valence-electron chi connectivity index (χ1n) is 8.53. The maximum absolute atomic E-state index is 13.1. The predicted molar refractivity (Wildman–Crippen MR) is 92.5 cm³/mol. The van der Waals surface area contributed by atoms with Crippen LogP contribution in [0.3, 0.4) is 0 Å². The second-order valence-corrected chi connectivity index (χ2v) is 6.85. The Bertz CT molecular complexity index is 703. The quantitative estimate of drug-likeness (QED) is 0.918. The minimum atomic E-state index is -0.763. The number of hydrogen-bond donors (Lipinski definition) is 1. The SMILES string of the molecule is Cc1c(C(=O)N(Cc2ccccc2)CC2(O)CCCC2)cnn1C. The van der Waals surface area contributed by atoms with Crippen LogP contribution in [0.4, 0.5) is 0 Å². The Balaban J connectivity index is 1.86. The number of amides is 1. The van der Waals surface area contributed by atoms with Crippen LogP contribution in [0.15, 0.2) is 36.5 Å². The van der Waals surface area contributed by atoms with Gasteiger partial charge in [-0.2, -0.15) is 5.10 Å². The number of carbonyl (C=O) groups is 1. The van der Waals surface area contributed by atoms with Gasteiger partial charge in [0.2, 0.25) is 0 Å². The summed E-state index contributed by atoms with van der Waals surface area (Å²) in [6, 6.07) is 9.92. The van der Waals surface area contributed by atoms with Crippen LogP contribution in [0.2, 0.25) is 0 Å². The van der Waals surface area contributed by atoms with Gasteiger partial charge in [-0.15, -0.1) is 0 Å². The molecule has 5 nitrogen and oxygen atoms in total. The molecular weight excluding hydrogens is 302 g/mol. The lowest BCUT2D eigenvalue weighted by Crippen LogP contribution is -2.44. The molecule has 1 aliphatic rings. The van der Waals surface area contributed by atoms with Crippen LogP contribution in [0.5, 0.6) is 0 Å². The molecule has 1 heterocycles. The largest absolute Gasteiger partial charge is 0.388 e. The van der Waals surface area contributed by atoms with Crippen LogP contribution in [-0.4, -0.2) is 37.8 Å². The molecule has 5 heteroatoms. The van der Waals surface area contributed by atoms with Crippen molar-refractivity contribution < 1.29 is 9.90 Å². The highest BCUT2D eigenvalue weighted by atomic mass is 16.3. The van der Waals surface area contributed by atoms with E-state index >= 15 is 0 Å². The van der Waals surface area contributed by atoms with E-state index in [1.54, 1.807) is 15.8 Å². The highest BCUT2D eigenvalue weighted by Crippen LogP contribution is 2.31. The van der Waals surface area contributed by atoms with E-state index in [0.717, 1.165) is 36.9 Å². The second-order valence-electron chi connectivity index (χ2n) is 6.85. The monoisotopic (exact) mass is 327 g/mol. The predicted octanol–water partition coefficient (Wildman–Crippen LogP) is 2.68. The van der Waals surface area contributed by atoms with Crippen molar-refractivity contribution in [2.75, 3.05) is 6.54 Å². The fourth-order valence-corrected chi connectivity index (χ4v) is 3.43. The first kappa shape index (κ1) is 16.7. The van der Waals surface area contributed by atoms with E-state index in [2.05, 4.69) is 5.10 Å². The molecule has 0 bridgehead atoms. The van der Waals surface area contributed by atoms with Crippen LogP contribution in [0.25, 0.3) is 0 Å². The normalized spacial score (nSPS) is 16.3. The van der Waals surface area contributed by atoms with Gasteiger partial charge in [0.25, 0.3) is 5.91 Å². The molecule has 1 N–H and O–H groups in total. The number of hydrogen-bond acceptors (Lipinski definition) is 3. The maximum atomic E-state index is 13.1. The van der Waals surface area contributed by atoms with Crippen molar-refractivity contribution in [2.45, 2.75) is 44.8 Å². The van der Waals surface area contributed by atoms with Crippen molar-refractivity contribution in [1.82, 2.24) is 14.7 Å². The molecule has 0 unspecified atom stereocenters. The van der Waals surface area contributed by atoms with Gasteiger partial charge in [-0.25, -0.2) is 0 Å². The molecule has 1 saturated carbocycles. The summed E-state index contributed by atoms with van der Waals surface area (Å²) in [5.74, 6) is -0.0650. The topological polar surface area (TPSA) is 58.4 Å². The van der Waals surface area contributed by atoms with Crippen LogP contribution in [-0.2, 0) is 13.6 Å². The number of aliphatic hydroxyl groups is 1. The fourth-order valence-electron chi connectivity index (χ4n) is 3.43. The molecule has 0 aliphatic heterocycles. The van der Waals surface area contributed by atoms with E-state index in [-0.39, 0.29) is 5.91 Å². The van der Waals surface area contributed by atoms with Gasteiger partial charge in [0.15, 0.2) is 0 Å². The van der Waals surface area contributed by atoms with Crippen molar-refractivity contribution in [3.8, 4) is 0 Å². The van der Waals surface area contributed by atoms with E-state index in [1.807, 2.05) is 44.3 Å². The molecule has 2 aromatic rings. The molecular formula is C19H25N3O2. The van der Waals surface area contributed by atoms with E-state index in [4.69, 9.17) is 0 Å². The van der Waals surface area contributed by atoms with Gasteiger partial charge >= 0.3 is 0 Å². The van der Waals surface area contributed by atoms with Gasteiger partial charge in [0.05, 0.1) is 23.9 Å². The Hall–Kier alpha value is -2.14. The van der Waals surface area contributed by atoms with E-state index in [9.17, 15) is 9.90 Å². The number of rotatable bonds is 5. The molecule has 1 fully saturated rings. The Kier molecular flexibility index (Phi) is 4.71. The first-order valence-corrected chi connectivity index (χ1v) is 8.53. The molecule has 0 atom stereocenters. The van der Waals surface area contributed by atoms with Crippen LogP contribution in [0, 0.1) is 6.92 Å². The maximum Gasteiger partial charge on any atom is 0.257 e. The molecule has 3 rings (SSSR count). The first-order chi connectivity index (χ1) is 11.5. The average molecular weight is 327 g/mol. The zero-order chi connectivity index (χ0) is 17.2. The number of nitrogens with zero attached hydrogens (tertiary/aromatic N) is 3. The number of aromatic nitrogens is 2. The molecule has 0 radical (unpaired) electrons. The van der Waals surface area contributed by atoms with Gasteiger partial charge in [-0.05, 0) is 25.3 Å². The molecule has 0 spiro atoms. The van der Waals surface area contributed by atoms with Crippen LogP contribution >= 0.6 is 0 Å². The van der Waals surface area contributed by atoms with Crippen molar-refractivity contribution in [3.63, 3.8) is 0 Å². The third-order valence-electron chi connectivity index (χ3n) is 4.99. The Morgan fingerprint density at radius 3 is 2.54 bits per heavy atom. The van der Waals surface area contributed by atoms with Gasteiger partial charge < -0.3 is 10.0 Å². The summed E-state index contributed by atoms with van der Waals surface area (Å²) in [6.45, 7) is 2.76. The Labute approximate surface area is 142 Å². The fraction of sp³-hybridized carbons (Fsp3) is 0.474. The lowest BCUT2D eigenvalue weighted by Gasteiger charge is -2.31. The molecule has 128 valence electrons. The van der Waals surface area contributed by atoms with Gasteiger partial charge in [0.1, 0.15) is 0 Å². The molecule has 24 heavy (non-hydrogen) atoms. The molecule has 1 amide bonds.